The van der Waals surface area contributed by atoms with Crippen molar-refractivity contribution in [2.24, 2.45) is 0 Å². The molecule has 0 radical (unpaired) electrons. The zero-order valence-corrected chi connectivity index (χ0v) is 9.79. The number of halogens is 2. The summed E-state index contributed by atoms with van der Waals surface area (Å²) in [7, 11) is 0. The number of nitro benzene ring substituents is 1. The highest BCUT2D eigenvalue weighted by molar-refractivity contribution is 6.30. The molecule has 4 nitrogen and oxygen atoms in total. The van der Waals surface area contributed by atoms with Crippen LogP contribution in [0.15, 0.2) is 30.4 Å². The standard InChI is InChI=1S/C10H9Cl2NO3/c1-7(5-11)6-16-10-4-8(12)2-3-9(10)13(14)15/h2-4H,1,5-6H2. The van der Waals surface area contributed by atoms with E-state index in [1.54, 1.807) is 0 Å². The predicted molar refractivity (Wildman–Crippen MR) is 63.5 cm³/mol. The van der Waals surface area contributed by atoms with Crippen LogP contribution in [0.5, 0.6) is 5.75 Å². The van der Waals surface area contributed by atoms with E-state index in [4.69, 9.17) is 27.9 Å². The van der Waals surface area contributed by atoms with Crippen LogP contribution in [0.3, 0.4) is 0 Å². The second kappa shape index (κ2) is 5.72. The molecule has 0 aliphatic heterocycles. The lowest BCUT2D eigenvalue weighted by Crippen LogP contribution is -2.03. The van der Waals surface area contributed by atoms with Crippen LogP contribution < -0.4 is 4.74 Å². The smallest absolute Gasteiger partial charge is 0.311 e. The number of hydrogen-bond acceptors (Lipinski definition) is 3. The molecule has 0 aliphatic rings. The van der Waals surface area contributed by atoms with E-state index in [2.05, 4.69) is 6.58 Å². The lowest BCUT2D eigenvalue weighted by atomic mass is 10.3. The molecule has 0 saturated carbocycles. The van der Waals surface area contributed by atoms with Crippen molar-refractivity contribution in [1.82, 2.24) is 0 Å². The fraction of sp³-hybridized carbons (Fsp3) is 0.200. The molecule has 0 saturated heterocycles. The highest BCUT2D eigenvalue weighted by Crippen LogP contribution is 2.30. The molecule has 0 fully saturated rings. The quantitative estimate of drug-likeness (QED) is 0.353. The largest absolute Gasteiger partial charge is 0.482 e. The van der Waals surface area contributed by atoms with Gasteiger partial charge in [0.25, 0.3) is 0 Å². The minimum Gasteiger partial charge on any atom is -0.482 e. The summed E-state index contributed by atoms with van der Waals surface area (Å²) in [6.07, 6.45) is 0. The topological polar surface area (TPSA) is 52.4 Å². The minimum atomic E-state index is -0.533. The summed E-state index contributed by atoms with van der Waals surface area (Å²) in [5, 5.41) is 11.1. The summed E-state index contributed by atoms with van der Waals surface area (Å²) >= 11 is 11.2. The van der Waals surface area contributed by atoms with Gasteiger partial charge in [-0.1, -0.05) is 18.2 Å². The van der Waals surface area contributed by atoms with Gasteiger partial charge in [-0.3, -0.25) is 10.1 Å². The average molecular weight is 262 g/mol. The van der Waals surface area contributed by atoms with Crippen LogP contribution in [0.1, 0.15) is 0 Å². The first-order valence-corrected chi connectivity index (χ1v) is 5.25. The van der Waals surface area contributed by atoms with Crippen LogP contribution in [-0.2, 0) is 0 Å². The zero-order chi connectivity index (χ0) is 12.1. The van der Waals surface area contributed by atoms with Crippen molar-refractivity contribution in [3.63, 3.8) is 0 Å². The Balaban J connectivity index is 2.88. The van der Waals surface area contributed by atoms with Gasteiger partial charge in [-0.25, -0.2) is 0 Å². The number of nitro groups is 1. The van der Waals surface area contributed by atoms with Gasteiger partial charge in [0.1, 0.15) is 6.61 Å². The van der Waals surface area contributed by atoms with E-state index in [0.29, 0.717) is 10.6 Å². The molecule has 0 unspecified atom stereocenters. The Morgan fingerprint density at radius 3 is 2.81 bits per heavy atom. The van der Waals surface area contributed by atoms with Gasteiger partial charge >= 0.3 is 5.69 Å². The molecule has 0 heterocycles. The fourth-order valence-corrected chi connectivity index (χ4v) is 1.21. The van der Waals surface area contributed by atoms with Crippen LogP contribution in [0.25, 0.3) is 0 Å². The number of rotatable bonds is 5. The first-order chi connectivity index (χ1) is 7.54. The molecule has 1 rings (SSSR count). The van der Waals surface area contributed by atoms with Crippen molar-refractivity contribution < 1.29 is 9.66 Å². The summed E-state index contributed by atoms with van der Waals surface area (Å²) in [5.74, 6) is 0.359. The van der Waals surface area contributed by atoms with Gasteiger partial charge in [0.2, 0.25) is 0 Å². The fourth-order valence-electron chi connectivity index (χ4n) is 0.973. The van der Waals surface area contributed by atoms with Crippen LogP contribution in [0.4, 0.5) is 5.69 Å². The molecule has 0 atom stereocenters. The van der Waals surface area contributed by atoms with E-state index in [1.165, 1.54) is 18.2 Å². The Hall–Kier alpha value is -1.26. The summed E-state index contributed by atoms with van der Waals surface area (Å²) in [6.45, 7) is 3.76. The van der Waals surface area contributed by atoms with Crippen molar-refractivity contribution in [3.05, 3.63) is 45.5 Å². The van der Waals surface area contributed by atoms with E-state index >= 15 is 0 Å². The number of ether oxygens (including phenoxy) is 1. The maximum absolute atomic E-state index is 10.7. The zero-order valence-electron chi connectivity index (χ0n) is 8.28. The molecule has 0 amide bonds. The van der Waals surface area contributed by atoms with E-state index in [0.717, 1.165) is 0 Å². The molecular weight excluding hydrogens is 253 g/mol. The van der Waals surface area contributed by atoms with Gasteiger partial charge in [0.05, 0.1) is 4.92 Å². The molecule has 0 aromatic heterocycles. The molecule has 0 aliphatic carbocycles. The first kappa shape index (κ1) is 12.8. The first-order valence-electron chi connectivity index (χ1n) is 4.34. The van der Waals surface area contributed by atoms with Crippen molar-refractivity contribution in [2.45, 2.75) is 0 Å². The van der Waals surface area contributed by atoms with Crippen molar-refractivity contribution in [3.8, 4) is 5.75 Å². The molecule has 0 bridgehead atoms. The van der Waals surface area contributed by atoms with E-state index < -0.39 is 4.92 Å². The Morgan fingerprint density at radius 2 is 2.25 bits per heavy atom. The van der Waals surface area contributed by atoms with E-state index in [-0.39, 0.29) is 23.9 Å². The molecule has 1 aromatic rings. The summed E-state index contributed by atoms with van der Waals surface area (Å²) in [4.78, 5) is 10.1. The van der Waals surface area contributed by atoms with E-state index in [1.807, 2.05) is 0 Å². The Kier molecular flexibility index (Phi) is 4.58. The lowest BCUT2D eigenvalue weighted by Gasteiger charge is -2.07. The number of alkyl halides is 1. The molecule has 1 aromatic carbocycles. The van der Waals surface area contributed by atoms with Gasteiger partial charge < -0.3 is 4.74 Å². The number of benzene rings is 1. The van der Waals surface area contributed by atoms with Gasteiger partial charge in [0, 0.05) is 23.0 Å². The van der Waals surface area contributed by atoms with Crippen molar-refractivity contribution in [2.75, 3.05) is 12.5 Å². The normalized spacial score (nSPS) is 9.88. The second-order valence-corrected chi connectivity index (χ2v) is 3.75. The molecule has 0 N–H and O–H groups in total. The van der Waals surface area contributed by atoms with Gasteiger partial charge in [-0.05, 0) is 11.6 Å². The maximum atomic E-state index is 10.7. The molecule has 6 heteroatoms. The Morgan fingerprint density at radius 1 is 1.56 bits per heavy atom. The van der Waals surface area contributed by atoms with Gasteiger partial charge in [-0.15, -0.1) is 11.6 Å². The minimum absolute atomic E-state index is 0.115. The van der Waals surface area contributed by atoms with E-state index in [9.17, 15) is 10.1 Å². The summed E-state index contributed by atoms with van der Waals surface area (Å²) in [6, 6.07) is 4.12. The molecule has 0 spiro atoms. The van der Waals surface area contributed by atoms with Gasteiger partial charge in [-0.2, -0.15) is 0 Å². The third-order valence-corrected chi connectivity index (χ3v) is 2.35. The third-order valence-electron chi connectivity index (χ3n) is 1.74. The second-order valence-electron chi connectivity index (χ2n) is 3.04. The van der Waals surface area contributed by atoms with Crippen LogP contribution >= 0.6 is 23.2 Å². The monoisotopic (exact) mass is 261 g/mol. The maximum Gasteiger partial charge on any atom is 0.311 e. The van der Waals surface area contributed by atoms with Crippen molar-refractivity contribution >= 4 is 28.9 Å². The predicted octanol–water partition coefficient (Wildman–Crippen LogP) is 3.42. The molecule has 86 valence electrons. The third kappa shape index (κ3) is 3.40. The SMILES string of the molecule is C=C(CCl)COc1cc(Cl)ccc1[N+](=O)[O-]. The van der Waals surface area contributed by atoms with Crippen LogP contribution in [0, 0.1) is 10.1 Å². The van der Waals surface area contributed by atoms with Crippen molar-refractivity contribution in [1.29, 1.82) is 0 Å². The summed E-state index contributed by atoms with van der Waals surface area (Å²) in [5.41, 5.74) is 0.503. The molecule has 16 heavy (non-hydrogen) atoms. The Bertz CT molecular complexity index is 421. The number of nitrogens with zero attached hydrogens (tertiary/aromatic N) is 1. The average Bonchev–Trinajstić information content (AvgIpc) is 2.25. The van der Waals surface area contributed by atoms with Crippen LogP contribution in [0.2, 0.25) is 5.02 Å². The van der Waals surface area contributed by atoms with Crippen LogP contribution in [-0.4, -0.2) is 17.4 Å². The Labute approximate surface area is 103 Å². The highest BCUT2D eigenvalue weighted by Gasteiger charge is 2.15. The summed E-state index contributed by atoms with van der Waals surface area (Å²) < 4.78 is 5.22. The lowest BCUT2D eigenvalue weighted by molar-refractivity contribution is -0.385. The molecular formula is C10H9Cl2NO3. The number of hydrogen-bond donors (Lipinski definition) is 0. The highest BCUT2D eigenvalue weighted by atomic mass is 35.5. The van der Waals surface area contributed by atoms with Gasteiger partial charge in [0.15, 0.2) is 5.75 Å².